The van der Waals surface area contributed by atoms with Crippen molar-refractivity contribution in [3.05, 3.63) is 88.1 Å². The van der Waals surface area contributed by atoms with Gasteiger partial charge in [0.25, 0.3) is 0 Å². The summed E-state index contributed by atoms with van der Waals surface area (Å²) in [6.45, 7) is 1.45. The first-order valence-electron chi connectivity index (χ1n) is 18.5. The van der Waals surface area contributed by atoms with Gasteiger partial charge in [-0.1, -0.05) is 54.4 Å². The summed E-state index contributed by atoms with van der Waals surface area (Å²) in [7, 11) is 0. The number of halogens is 2. The topological polar surface area (TPSA) is 297 Å². The van der Waals surface area contributed by atoms with Crippen molar-refractivity contribution in [1.29, 1.82) is 0 Å². The van der Waals surface area contributed by atoms with E-state index in [2.05, 4.69) is 46.5 Å². The second kappa shape index (κ2) is 22.0. The molecular weight excluding hydrogens is 791 g/mol. The number of carbonyl (C=O) groups excluding carboxylic acids is 6. The van der Waals surface area contributed by atoms with Crippen LogP contribution in [0.1, 0.15) is 49.4 Å². The van der Waals surface area contributed by atoms with E-state index in [0.29, 0.717) is 23.2 Å². The predicted octanol–water partition coefficient (Wildman–Crippen LogP) is 0.620. The number of primary amides is 1. The number of hydrogen-bond acceptors (Lipinski definition) is 8. The van der Waals surface area contributed by atoms with Gasteiger partial charge in [-0.2, -0.15) is 0 Å². The van der Waals surface area contributed by atoms with Crippen LogP contribution in [0, 0.1) is 0 Å². The third-order valence-corrected chi connectivity index (χ3v) is 9.65. The number of H-pyrrole nitrogens is 2. The van der Waals surface area contributed by atoms with E-state index in [0.717, 1.165) is 10.9 Å². The molecular formula is C38H48Cl2N12O6. The number of hydrogen-bond donors (Lipinski definition) is 10. The Kier molecular flexibility index (Phi) is 16.9. The third kappa shape index (κ3) is 13.8. The van der Waals surface area contributed by atoms with Crippen LogP contribution in [0.3, 0.4) is 0 Å². The first-order valence-corrected chi connectivity index (χ1v) is 19.3. The molecule has 0 aliphatic heterocycles. The van der Waals surface area contributed by atoms with Gasteiger partial charge >= 0.3 is 0 Å². The molecule has 0 radical (unpaired) electrons. The molecule has 2 heterocycles. The molecule has 4 aromatic rings. The van der Waals surface area contributed by atoms with Crippen LogP contribution in [0.2, 0.25) is 10.0 Å². The number of guanidine groups is 1. The Morgan fingerprint density at radius 1 is 0.793 bits per heavy atom. The van der Waals surface area contributed by atoms with E-state index < -0.39 is 60.2 Å². The molecule has 20 heteroatoms. The van der Waals surface area contributed by atoms with Crippen LogP contribution in [0.25, 0.3) is 10.9 Å². The SMILES string of the molecule is CCCC(=O)N[C@@H](Cc1cnc[nH]1)C(=O)N[C@H](Cc1ccc(Cl)c(Cl)c1)C(=O)N[C@@H](CCCN=C(N)N)C(=O)N[C@@H](Cc1c[nH]c2ccccc12)C(=O)NCC(N)=O. The van der Waals surface area contributed by atoms with E-state index in [-0.39, 0.29) is 67.0 Å². The number of aliphatic imine (C=N–C) groups is 1. The van der Waals surface area contributed by atoms with Gasteiger partial charge in [-0.15, -0.1) is 0 Å². The molecule has 4 rings (SSSR count). The minimum atomic E-state index is -1.31. The molecule has 0 fully saturated rings. The molecule has 0 aliphatic rings. The zero-order valence-corrected chi connectivity index (χ0v) is 33.3. The van der Waals surface area contributed by atoms with E-state index >= 15 is 0 Å². The third-order valence-electron chi connectivity index (χ3n) is 8.91. The van der Waals surface area contributed by atoms with Crippen molar-refractivity contribution < 1.29 is 28.8 Å². The maximum absolute atomic E-state index is 14.3. The molecule has 2 aromatic heterocycles. The van der Waals surface area contributed by atoms with Gasteiger partial charge in [0.1, 0.15) is 24.2 Å². The van der Waals surface area contributed by atoms with Crippen molar-refractivity contribution in [2.75, 3.05) is 13.1 Å². The van der Waals surface area contributed by atoms with Gasteiger partial charge in [-0.25, -0.2) is 4.98 Å². The lowest BCUT2D eigenvalue weighted by Crippen LogP contribution is -2.59. The molecule has 0 saturated heterocycles. The van der Waals surface area contributed by atoms with Crippen LogP contribution < -0.4 is 43.8 Å². The second-order valence-corrected chi connectivity index (χ2v) is 14.3. The Hall–Kier alpha value is -6.14. The quantitative estimate of drug-likeness (QED) is 0.0301. The highest BCUT2D eigenvalue weighted by molar-refractivity contribution is 6.42. The number of imidazole rings is 1. The van der Waals surface area contributed by atoms with Gasteiger partial charge in [0, 0.05) is 61.2 Å². The lowest BCUT2D eigenvalue weighted by molar-refractivity contribution is -0.134. The molecule has 310 valence electrons. The van der Waals surface area contributed by atoms with E-state index in [1.54, 1.807) is 24.4 Å². The van der Waals surface area contributed by atoms with Crippen LogP contribution in [-0.4, -0.2) is 93.6 Å². The number of rotatable bonds is 22. The van der Waals surface area contributed by atoms with E-state index in [9.17, 15) is 28.8 Å². The predicted molar refractivity (Wildman–Crippen MR) is 219 cm³/mol. The number of nitrogens with one attached hydrogen (secondary N) is 7. The average molecular weight is 840 g/mol. The van der Waals surface area contributed by atoms with Crippen LogP contribution in [0.15, 0.2) is 66.2 Å². The zero-order valence-electron chi connectivity index (χ0n) is 31.8. The van der Waals surface area contributed by atoms with Gasteiger partial charge in [0.05, 0.1) is 22.9 Å². The van der Waals surface area contributed by atoms with Crippen molar-refractivity contribution in [1.82, 2.24) is 41.5 Å². The molecule has 18 nitrogen and oxygen atoms in total. The molecule has 0 spiro atoms. The molecule has 4 atom stereocenters. The molecule has 13 N–H and O–H groups in total. The molecule has 58 heavy (non-hydrogen) atoms. The highest BCUT2D eigenvalue weighted by Crippen LogP contribution is 2.24. The molecule has 0 unspecified atom stereocenters. The maximum atomic E-state index is 14.3. The Balaban J connectivity index is 1.64. The summed E-state index contributed by atoms with van der Waals surface area (Å²) in [6.07, 6.45) is 5.51. The first-order chi connectivity index (χ1) is 27.7. The summed E-state index contributed by atoms with van der Waals surface area (Å²) >= 11 is 12.4. The molecule has 0 saturated carbocycles. The fourth-order valence-corrected chi connectivity index (χ4v) is 6.37. The number of carbonyl (C=O) groups is 6. The van der Waals surface area contributed by atoms with Crippen LogP contribution in [0.5, 0.6) is 0 Å². The summed E-state index contributed by atoms with van der Waals surface area (Å²) in [4.78, 5) is 94.0. The smallest absolute Gasteiger partial charge is 0.243 e. The minimum Gasteiger partial charge on any atom is -0.370 e. The minimum absolute atomic E-state index is 0.0000272. The number of para-hydroxylation sites is 1. The summed E-state index contributed by atoms with van der Waals surface area (Å²) < 4.78 is 0. The average Bonchev–Trinajstić information content (AvgIpc) is 3.85. The molecule has 2 aromatic carbocycles. The van der Waals surface area contributed by atoms with Crippen molar-refractivity contribution >= 4 is 75.5 Å². The Morgan fingerprint density at radius 2 is 1.47 bits per heavy atom. The van der Waals surface area contributed by atoms with Gasteiger partial charge in [-0.05, 0) is 48.6 Å². The number of nitrogens with two attached hydrogens (primary N) is 3. The number of aromatic amines is 2. The number of fused-ring (bicyclic) bond motifs is 1. The Bertz CT molecular complexity index is 2090. The summed E-state index contributed by atoms with van der Waals surface area (Å²) in [5, 5.41) is 14.7. The van der Waals surface area contributed by atoms with Crippen molar-refractivity contribution in [3.8, 4) is 0 Å². The summed E-state index contributed by atoms with van der Waals surface area (Å²) in [6, 6.07) is 7.17. The summed E-state index contributed by atoms with van der Waals surface area (Å²) in [5.41, 5.74) is 18.9. The van der Waals surface area contributed by atoms with Gasteiger partial charge in [0.15, 0.2) is 5.96 Å². The van der Waals surface area contributed by atoms with E-state index in [1.807, 2.05) is 31.2 Å². The summed E-state index contributed by atoms with van der Waals surface area (Å²) in [5.74, 6) is -4.22. The number of nitrogens with zero attached hydrogens (tertiary/aromatic N) is 2. The molecule has 0 bridgehead atoms. The maximum Gasteiger partial charge on any atom is 0.243 e. The van der Waals surface area contributed by atoms with Gasteiger partial charge in [0.2, 0.25) is 35.4 Å². The fourth-order valence-electron chi connectivity index (χ4n) is 6.05. The van der Waals surface area contributed by atoms with Crippen molar-refractivity contribution in [2.24, 2.45) is 22.2 Å². The lowest BCUT2D eigenvalue weighted by atomic mass is 10.0. The monoisotopic (exact) mass is 838 g/mol. The standard InChI is InChI=1S/C38H48Cl2N12O6/c1-2-6-33(54)49-31(16-23-18-44-20-48-23)37(58)51-29(14-21-10-11-25(39)26(40)13-21)36(57)50-28(9-5-12-45-38(42)43)35(56)52-30(34(55)47-19-32(41)53)15-22-17-46-27-8-4-3-7-24(22)27/h3-4,7-8,10-11,13,17-18,20,28-31,46H,2,5-6,9,12,14-16,19H2,1H3,(H2,41,53)(H,44,48)(H,47,55)(H,49,54)(H,50,57)(H,51,58)(H,52,56)(H4,42,43,45)/t28-,29+,30-,31-/m0/s1. The van der Waals surface area contributed by atoms with Gasteiger partial charge in [-0.3, -0.25) is 33.8 Å². The van der Waals surface area contributed by atoms with Crippen LogP contribution >= 0.6 is 23.2 Å². The Labute approximate surface area is 344 Å². The highest BCUT2D eigenvalue weighted by Gasteiger charge is 2.32. The lowest BCUT2D eigenvalue weighted by Gasteiger charge is -2.27. The molecule has 0 aliphatic carbocycles. The second-order valence-electron chi connectivity index (χ2n) is 13.5. The number of aromatic nitrogens is 3. The highest BCUT2D eigenvalue weighted by atomic mass is 35.5. The van der Waals surface area contributed by atoms with Crippen molar-refractivity contribution in [2.45, 2.75) is 76.0 Å². The van der Waals surface area contributed by atoms with Gasteiger partial charge < -0.3 is 53.8 Å². The fraction of sp³-hybridized carbons (Fsp3) is 0.368. The zero-order chi connectivity index (χ0) is 42.2. The Morgan fingerprint density at radius 3 is 2.12 bits per heavy atom. The van der Waals surface area contributed by atoms with E-state index in [4.69, 9.17) is 40.4 Å². The van der Waals surface area contributed by atoms with E-state index in [1.165, 1.54) is 12.5 Å². The first kappa shape index (κ1) is 44.6. The number of amides is 6. The largest absolute Gasteiger partial charge is 0.370 e. The van der Waals surface area contributed by atoms with Crippen LogP contribution in [0.4, 0.5) is 0 Å². The van der Waals surface area contributed by atoms with Crippen molar-refractivity contribution in [3.63, 3.8) is 0 Å². The molecule has 6 amide bonds. The number of benzene rings is 2. The normalized spacial score (nSPS) is 13.0. The van der Waals surface area contributed by atoms with Crippen LogP contribution in [-0.2, 0) is 48.0 Å².